The van der Waals surface area contributed by atoms with E-state index >= 15 is 0 Å². The average molecular weight is 353 g/mol. The molecule has 6 nitrogen and oxygen atoms in total. The third-order valence-corrected chi connectivity index (χ3v) is 4.35. The van der Waals surface area contributed by atoms with Crippen molar-refractivity contribution in [2.45, 2.75) is 6.92 Å². The highest BCUT2D eigenvalue weighted by Gasteiger charge is 2.12. The molecule has 0 saturated carbocycles. The summed E-state index contributed by atoms with van der Waals surface area (Å²) in [6.07, 6.45) is 1.39. The molecule has 0 amide bonds. The van der Waals surface area contributed by atoms with Gasteiger partial charge in [-0.05, 0) is 25.1 Å². The molecule has 4 rings (SSSR count). The number of benzene rings is 2. The molecule has 0 bridgehead atoms. The Hall–Kier alpha value is -3.12. The first kappa shape index (κ1) is 15.4. The van der Waals surface area contributed by atoms with E-state index in [0.29, 0.717) is 21.6 Å². The SMILES string of the molecule is Cc1ccc2[nH]c3c(=O)n(/N=C/c4ccccc4Cl)c(=O)[nH]c3c2c1. The number of aromatic amines is 2. The van der Waals surface area contributed by atoms with Crippen LogP contribution in [0.3, 0.4) is 0 Å². The van der Waals surface area contributed by atoms with Crippen molar-refractivity contribution >= 4 is 39.8 Å². The second-order valence-electron chi connectivity index (χ2n) is 5.74. The van der Waals surface area contributed by atoms with Gasteiger partial charge in [0.05, 0.1) is 11.7 Å². The van der Waals surface area contributed by atoms with Crippen LogP contribution in [-0.4, -0.2) is 20.9 Å². The molecule has 0 aliphatic heterocycles. The number of fused-ring (bicyclic) bond motifs is 3. The lowest BCUT2D eigenvalue weighted by atomic mass is 10.2. The van der Waals surface area contributed by atoms with E-state index in [-0.39, 0.29) is 0 Å². The lowest BCUT2D eigenvalue weighted by Crippen LogP contribution is -2.32. The Morgan fingerprint density at radius 3 is 2.68 bits per heavy atom. The summed E-state index contributed by atoms with van der Waals surface area (Å²) in [6, 6.07) is 12.8. The normalized spacial score (nSPS) is 11.8. The summed E-state index contributed by atoms with van der Waals surface area (Å²) in [5.41, 5.74) is 2.09. The quantitative estimate of drug-likeness (QED) is 0.543. The molecule has 2 aromatic carbocycles. The Balaban J connectivity index is 1.94. The summed E-state index contributed by atoms with van der Waals surface area (Å²) in [7, 11) is 0. The van der Waals surface area contributed by atoms with Crippen molar-refractivity contribution in [2.24, 2.45) is 5.10 Å². The van der Waals surface area contributed by atoms with Gasteiger partial charge < -0.3 is 9.97 Å². The van der Waals surface area contributed by atoms with E-state index in [1.54, 1.807) is 24.3 Å². The Morgan fingerprint density at radius 1 is 1.08 bits per heavy atom. The molecular weight excluding hydrogens is 340 g/mol. The van der Waals surface area contributed by atoms with Gasteiger partial charge in [0.25, 0.3) is 0 Å². The van der Waals surface area contributed by atoms with Crippen LogP contribution in [0.25, 0.3) is 21.9 Å². The molecule has 0 aliphatic carbocycles. The molecule has 0 aliphatic rings. The molecule has 25 heavy (non-hydrogen) atoms. The number of halogens is 1. The molecule has 0 atom stereocenters. The van der Waals surface area contributed by atoms with Crippen LogP contribution >= 0.6 is 11.6 Å². The van der Waals surface area contributed by atoms with Crippen LogP contribution in [-0.2, 0) is 0 Å². The van der Waals surface area contributed by atoms with Gasteiger partial charge >= 0.3 is 11.2 Å². The zero-order chi connectivity index (χ0) is 17.6. The van der Waals surface area contributed by atoms with E-state index < -0.39 is 11.2 Å². The largest absolute Gasteiger partial charge is 0.350 e. The van der Waals surface area contributed by atoms with Gasteiger partial charge in [-0.3, -0.25) is 4.79 Å². The molecule has 2 N–H and O–H groups in total. The van der Waals surface area contributed by atoms with Crippen LogP contribution in [0.5, 0.6) is 0 Å². The number of nitrogens with one attached hydrogen (secondary N) is 2. The third-order valence-electron chi connectivity index (χ3n) is 4.00. The lowest BCUT2D eigenvalue weighted by molar-refractivity contribution is 0.770. The summed E-state index contributed by atoms with van der Waals surface area (Å²) in [5.74, 6) is 0. The minimum atomic E-state index is -0.608. The van der Waals surface area contributed by atoms with Crippen LogP contribution < -0.4 is 11.2 Å². The predicted molar refractivity (Wildman–Crippen MR) is 99.9 cm³/mol. The van der Waals surface area contributed by atoms with Crippen LogP contribution in [0.15, 0.2) is 57.2 Å². The summed E-state index contributed by atoms with van der Waals surface area (Å²) in [4.78, 5) is 30.8. The van der Waals surface area contributed by atoms with E-state index in [1.165, 1.54) is 6.21 Å². The fourth-order valence-electron chi connectivity index (χ4n) is 2.76. The smallest absolute Gasteiger partial charge is 0.349 e. The number of hydrogen-bond acceptors (Lipinski definition) is 3. The highest BCUT2D eigenvalue weighted by atomic mass is 35.5. The second kappa shape index (κ2) is 5.75. The van der Waals surface area contributed by atoms with E-state index in [9.17, 15) is 9.59 Å². The second-order valence-corrected chi connectivity index (χ2v) is 6.14. The minimum Gasteiger partial charge on any atom is -0.349 e. The molecule has 2 heterocycles. The molecule has 0 radical (unpaired) electrons. The van der Waals surface area contributed by atoms with E-state index in [0.717, 1.165) is 21.1 Å². The number of nitrogens with zero attached hydrogens (tertiary/aromatic N) is 2. The summed E-state index contributed by atoms with van der Waals surface area (Å²) in [5, 5.41) is 5.29. The van der Waals surface area contributed by atoms with Gasteiger partial charge in [-0.25, -0.2) is 4.79 Å². The first-order valence-electron chi connectivity index (χ1n) is 7.61. The summed E-state index contributed by atoms with van der Waals surface area (Å²) in [6.45, 7) is 1.95. The maximum absolute atomic E-state index is 12.7. The average Bonchev–Trinajstić information content (AvgIpc) is 2.94. The van der Waals surface area contributed by atoms with E-state index in [1.807, 2.05) is 25.1 Å². The van der Waals surface area contributed by atoms with Gasteiger partial charge in [0.2, 0.25) is 0 Å². The first-order valence-corrected chi connectivity index (χ1v) is 7.98. The zero-order valence-electron chi connectivity index (χ0n) is 13.2. The van der Waals surface area contributed by atoms with Crippen LogP contribution in [0.4, 0.5) is 0 Å². The number of hydrogen-bond donors (Lipinski definition) is 2. The van der Waals surface area contributed by atoms with Crippen molar-refractivity contribution in [3.63, 3.8) is 0 Å². The fourth-order valence-corrected chi connectivity index (χ4v) is 2.94. The molecule has 0 unspecified atom stereocenters. The molecule has 2 aromatic heterocycles. The Kier molecular flexibility index (Phi) is 3.54. The lowest BCUT2D eigenvalue weighted by Gasteiger charge is -1.99. The van der Waals surface area contributed by atoms with Crippen molar-refractivity contribution in [1.82, 2.24) is 14.6 Å². The molecule has 7 heteroatoms. The van der Waals surface area contributed by atoms with E-state index in [2.05, 4.69) is 15.1 Å². The van der Waals surface area contributed by atoms with Crippen molar-refractivity contribution < 1.29 is 0 Å². The maximum atomic E-state index is 12.7. The number of H-pyrrole nitrogens is 2. The Bertz CT molecular complexity index is 1260. The monoisotopic (exact) mass is 352 g/mol. The summed E-state index contributed by atoms with van der Waals surface area (Å²) >= 11 is 6.06. The summed E-state index contributed by atoms with van der Waals surface area (Å²) < 4.78 is 0.786. The molecule has 4 aromatic rings. The fraction of sp³-hybridized carbons (Fsp3) is 0.0556. The van der Waals surface area contributed by atoms with Gasteiger partial charge in [0, 0.05) is 21.5 Å². The van der Waals surface area contributed by atoms with Gasteiger partial charge in [0.15, 0.2) is 0 Å². The first-order chi connectivity index (χ1) is 12.0. The minimum absolute atomic E-state index is 0.302. The number of aryl methyl sites for hydroxylation is 1. The van der Waals surface area contributed by atoms with Gasteiger partial charge in [-0.15, -0.1) is 4.68 Å². The van der Waals surface area contributed by atoms with Crippen molar-refractivity contribution in [3.8, 4) is 0 Å². The van der Waals surface area contributed by atoms with Crippen molar-refractivity contribution in [2.75, 3.05) is 0 Å². The van der Waals surface area contributed by atoms with Crippen LogP contribution in [0, 0.1) is 6.92 Å². The number of rotatable bonds is 2. The Morgan fingerprint density at radius 2 is 1.88 bits per heavy atom. The predicted octanol–water partition coefficient (Wildman–Crippen LogP) is 3.02. The molecule has 0 fully saturated rings. The van der Waals surface area contributed by atoms with E-state index in [4.69, 9.17) is 11.6 Å². The highest BCUT2D eigenvalue weighted by molar-refractivity contribution is 6.33. The van der Waals surface area contributed by atoms with Crippen molar-refractivity contribution in [1.29, 1.82) is 0 Å². The van der Waals surface area contributed by atoms with Crippen molar-refractivity contribution in [3.05, 3.63) is 79.5 Å². The maximum Gasteiger partial charge on any atom is 0.350 e. The number of aromatic nitrogens is 3. The highest BCUT2D eigenvalue weighted by Crippen LogP contribution is 2.21. The van der Waals surface area contributed by atoms with Gasteiger partial charge in [-0.1, -0.05) is 41.4 Å². The third kappa shape index (κ3) is 2.56. The molecule has 124 valence electrons. The molecule has 0 saturated heterocycles. The van der Waals surface area contributed by atoms with Gasteiger partial charge in [-0.2, -0.15) is 5.10 Å². The topological polar surface area (TPSA) is 83.0 Å². The molecule has 0 spiro atoms. The van der Waals surface area contributed by atoms with Crippen LogP contribution in [0.1, 0.15) is 11.1 Å². The standard InChI is InChI=1S/C18H13ClN4O2/c1-10-6-7-14-12(8-10)15-16(21-14)17(24)23(18(25)22-15)20-9-11-4-2-3-5-13(11)19/h2-9,21H,1H3,(H,22,25)/b20-9+. The van der Waals surface area contributed by atoms with Crippen LogP contribution in [0.2, 0.25) is 5.02 Å². The molecular formula is C18H13ClN4O2. The zero-order valence-corrected chi connectivity index (χ0v) is 14.0. The Labute approximate surface area is 146 Å². The van der Waals surface area contributed by atoms with Gasteiger partial charge in [0.1, 0.15) is 5.52 Å².